The molecule has 0 unspecified atom stereocenters. The molecule has 35 heavy (non-hydrogen) atoms. The standard InChI is InChI=1S/C27H24N2O5S/c1-18(20-9-5-3-6-10-20)29-26(32)24(35-27(29)28-21-11-7-4-8-12-21)16-19-13-14-22(23(15-19)33-2)34-17-25(30)31/h3-16,18H,17H2,1-2H3,(H,30,31)/b24-16+,28-27?/t18-/m0/s1. The van der Waals surface area contributed by atoms with Crippen LogP contribution in [-0.2, 0) is 9.59 Å². The third-order valence-corrected chi connectivity index (χ3v) is 6.31. The SMILES string of the molecule is COc1cc(/C=C2/SC(=Nc3ccccc3)N([C@@H](C)c3ccccc3)C2=O)ccc1OCC(=O)O. The highest BCUT2D eigenvalue weighted by Crippen LogP contribution is 2.40. The molecule has 0 bridgehead atoms. The number of ether oxygens (including phenoxy) is 2. The maximum Gasteiger partial charge on any atom is 0.341 e. The number of rotatable bonds is 8. The molecule has 1 amide bonds. The van der Waals surface area contributed by atoms with E-state index in [1.54, 1.807) is 29.2 Å². The van der Waals surface area contributed by atoms with Gasteiger partial charge >= 0.3 is 5.97 Å². The van der Waals surface area contributed by atoms with Gasteiger partial charge in [-0.2, -0.15) is 0 Å². The zero-order valence-electron chi connectivity index (χ0n) is 19.3. The Morgan fingerprint density at radius 1 is 1.06 bits per heavy atom. The first kappa shape index (κ1) is 24.1. The van der Waals surface area contributed by atoms with Crippen LogP contribution in [0.25, 0.3) is 6.08 Å². The number of carboxylic acids is 1. The number of hydrogen-bond donors (Lipinski definition) is 1. The first-order valence-corrected chi connectivity index (χ1v) is 11.7. The number of carboxylic acid groups (broad SMARTS) is 1. The number of hydrogen-bond acceptors (Lipinski definition) is 6. The van der Waals surface area contributed by atoms with Gasteiger partial charge in [0.05, 0.1) is 23.7 Å². The number of carbonyl (C=O) groups excluding carboxylic acids is 1. The quantitative estimate of drug-likeness (QED) is 0.420. The van der Waals surface area contributed by atoms with Crippen molar-refractivity contribution in [2.45, 2.75) is 13.0 Å². The second-order valence-corrected chi connectivity index (χ2v) is 8.70. The predicted octanol–water partition coefficient (Wildman–Crippen LogP) is 5.52. The van der Waals surface area contributed by atoms with E-state index in [0.717, 1.165) is 11.3 Å². The van der Waals surface area contributed by atoms with Crippen LogP contribution in [-0.4, -0.2) is 40.8 Å². The van der Waals surface area contributed by atoms with Crippen LogP contribution >= 0.6 is 11.8 Å². The Hall–Kier alpha value is -4.04. The lowest BCUT2D eigenvalue weighted by Crippen LogP contribution is -2.32. The van der Waals surface area contributed by atoms with Crippen molar-refractivity contribution in [3.63, 3.8) is 0 Å². The van der Waals surface area contributed by atoms with E-state index in [0.29, 0.717) is 27.1 Å². The number of amidine groups is 1. The summed E-state index contributed by atoms with van der Waals surface area (Å²) < 4.78 is 10.6. The van der Waals surface area contributed by atoms with Crippen LogP contribution in [0.2, 0.25) is 0 Å². The van der Waals surface area contributed by atoms with E-state index in [-0.39, 0.29) is 11.9 Å². The van der Waals surface area contributed by atoms with E-state index >= 15 is 0 Å². The van der Waals surface area contributed by atoms with Crippen molar-refractivity contribution in [3.8, 4) is 11.5 Å². The summed E-state index contributed by atoms with van der Waals surface area (Å²) in [6, 6.07) is 24.2. The van der Waals surface area contributed by atoms with E-state index in [4.69, 9.17) is 19.6 Å². The van der Waals surface area contributed by atoms with Crippen LogP contribution in [0.1, 0.15) is 24.1 Å². The topological polar surface area (TPSA) is 88.4 Å². The molecule has 0 aromatic heterocycles. The van der Waals surface area contributed by atoms with Crippen LogP contribution in [0.5, 0.6) is 11.5 Å². The summed E-state index contributed by atoms with van der Waals surface area (Å²) in [6.07, 6.45) is 1.77. The van der Waals surface area contributed by atoms with E-state index in [9.17, 15) is 9.59 Å². The smallest absolute Gasteiger partial charge is 0.341 e. The van der Waals surface area contributed by atoms with Gasteiger partial charge in [0, 0.05) is 0 Å². The third-order valence-electron chi connectivity index (χ3n) is 5.32. The molecule has 1 atom stereocenters. The molecule has 1 heterocycles. The number of thioether (sulfide) groups is 1. The van der Waals surface area contributed by atoms with Gasteiger partial charge in [0.2, 0.25) is 0 Å². The number of carbonyl (C=O) groups is 2. The van der Waals surface area contributed by atoms with E-state index in [1.165, 1.54) is 18.9 Å². The predicted molar refractivity (Wildman–Crippen MR) is 137 cm³/mol. The van der Waals surface area contributed by atoms with Crippen molar-refractivity contribution in [3.05, 3.63) is 94.9 Å². The lowest BCUT2D eigenvalue weighted by molar-refractivity contribution is -0.139. The summed E-state index contributed by atoms with van der Waals surface area (Å²) in [5.74, 6) is -0.535. The number of aliphatic imine (C=N–C) groups is 1. The Morgan fingerprint density at radius 2 is 1.74 bits per heavy atom. The fourth-order valence-corrected chi connectivity index (χ4v) is 4.65. The summed E-state index contributed by atoms with van der Waals surface area (Å²) >= 11 is 1.31. The van der Waals surface area contributed by atoms with Gasteiger partial charge in [0.1, 0.15) is 0 Å². The molecule has 1 aliphatic rings. The molecule has 0 radical (unpaired) electrons. The number of amides is 1. The Balaban J connectivity index is 1.69. The van der Waals surface area contributed by atoms with Gasteiger partial charge in [0.25, 0.3) is 5.91 Å². The van der Waals surface area contributed by atoms with Crippen molar-refractivity contribution in [1.82, 2.24) is 4.90 Å². The fourth-order valence-electron chi connectivity index (χ4n) is 3.58. The van der Waals surface area contributed by atoms with Gasteiger partial charge in [-0.15, -0.1) is 0 Å². The number of para-hydroxylation sites is 1. The molecule has 1 fully saturated rings. The number of benzene rings is 3. The van der Waals surface area contributed by atoms with Crippen molar-refractivity contribution < 1.29 is 24.2 Å². The van der Waals surface area contributed by atoms with E-state index < -0.39 is 12.6 Å². The molecule has 1 aliphatic heterocycles. The lowest BCUT2D eigenvalue weighted by Gasteiger charge is -2.24. The van der Waals surface area contributed by atoms with Crippen molar-refractivity contribution in [2.75, 3.05) is 13.7 Å². The molecule has 0 spiro atoms. The first-order valence-electron chi connectivity index (χ1n) is 10.9. The molecule has 3 aromatic rings. The van der Waals surface area contributed by atoms with Crippen LogP contribution < -0.4 is 9.47 Å². The highest BCUT2D eigenvalue weighted by molar-refractivity contribution is 8.18. The average molecular weight is 489 g/mol. The molecule has 1 saturated heterocycles. The Kier molecular flexibility index (Phi) is 7.52. The van der Waals surface area contributed by atoms with Crippen molar-refractivity contribution in [1.29, 1.82) is 0 Å². The monoisotopic (exact) mass is 488 g/mol. The molecule has 8 heteroatoms. The van der Waals surface area contributed by atoms with Gasteiger partial charge in [-0.3, -0.25) is 9.69 Å². The summed E-state index contributed by atoms with van der Waals surface area (Å²) in [6.45, 7) is 1.51. The number of aliphatic carboxylic acids is 1. The van der Waals surface area contributed by atoms with Crippen LogP contribution in [0, 0.1) is 0 Å². The minimum absolute atomic E-state index is 0.147. The Labute approximate surface area is 207 Å². The summed E-state index contributed by atoms with van der Waals surface area (Å²) in [7, 11) is 1.48. The maximum absolute atomic E-state index is 13.6. The highest BCUT2D eigenvalue weighted by atomic mass is 32.2. The molecule has 0 saturated carbocycles. The molecular formula is C27H24N2O5S. The highest BCUT2D eigenvalue weighted by Gasteiger charge is 2.37. The molecule has 4 rings (SSSR count). The lowest BCUT2D eigenvalue weighted by atomic mass is 10.1. The van der Waals surface area contributed by atoms with Gasteiger partial charge in [0.15, 0.2) is 23.3 Å². The van der Waals surface area contributed by atoms with Gasteiger partial charge < -0.3 is 14.6 Å². The van der Waals surface area contributed by atoms with Crippen LogP contribution in [0.15, 0.2) is 88.8 Å². The number of methoxy groups -OCH3 is 1. The van der Waals surface area contributed by atoms with E-state index in [1.807, 2.05) is 67.6 Å². The van der Waals surface area contributed by atoms with Gasteiger partial charge in [-0.05, 0) is 60.2 Å². The van der Waals surface area contributed by atoms with Gasteiger partial charge in [-0.1, -0.05) is 54.6 Å². The first-order chi connectivity index (χ1) is 17.0. The Bertz CT molecular complexity index is 1280. The minimum Gasteiger partial charge on any atom is -0.493 e. The molecule has 178 valence electrons. The second-order valence-electron chi connectivity index (χ2n) is 7.70. The molecular weight excluding hydrogens is 464 g/mol. The molecule has 1 N–H and O–H groups in total. The fraction of sp³-hybridized carbons (Fsp3) is 0.148. The molecule has 0 aliphatic carbocycles. The molecule has 3 aromatic carbocycles. The third kappa shape index (κ3) is 5.73. The largest absolute Gasteiger partial charge is 0.493 e. The zero-order valence-corrected chi connectivity index (χ0v) is 20.1. The van der Waals surface area contributed by atoms with Crippen molar-refractivity contribution in [2.24, 2.45) is 4.99 Å². The summed E-state index contributed by atoms with van der Waals surface area (Å²) in [5.41, 5.74) is 2.48. The second kappa shape index (κ2) is 10.9. The van der Waals surface area contributed by atoms with Crippen LogP contribution in [0.4, 0.5) is 5.69 Å². The summed E-state index contributed by atoms with van der Waals surface area (Å²) in [4.78, 5) is 31.4. The summed E-state index contributed by atoms with van der Waals surface area (Å²) in [5, 5.41) is 9.46. The maximum atomic E-state index is 13.6. The average Bonchev–Trinajstić information content (AvgIpc) is 3.17. The van der Waals surface area contributed by atoms with Crippen molar-refractivity contribution >= 4 is 40.6 Å². The molecule has 7 nitrogen and oxygen atoms in total. The van der Waals surface area contributed by atoms with Gasteiger partial charge in [-0.25, -0.2) is 9.79 Å². The minimum atomic E-state index is -1.08. The van der Waals surface area contributed by atoms with Crippen LogP contribution in [0.3, 0.4) is 0 Å². The zero-order chi connectivity index (χ0) is 24.8. The van der Waals surface area contributed by atoms with E-state index in [2.05, 4.69) is 0 Å². The normalized spacial score (nSPS) is 16.5. The number of nitrogens with zero attached hydrogens (tertiary/aromatic N) is 2. The Morgan fingerprint density at radius 3 is 2.40 bits per heavy atom.